The van der Waals surface area contributed by atoms with E-state index < -0.39 is 0 Å². The first-order valence-corrected chi connectivity index (χ1v) is 9.02. The number of carbonyl (C=O) groups is 1. The van der Waals surface area contributed by atoms with Crippen molar-refractivity contribution >= 4 is 28.5 Å². The van der Waals surface area contributed by atoms with Crippen LogP contribution in [0.15, 0.2) is 41.0 Å². The van der Waals surface area contributed by atoms with Crippen LogP contribution >= 0.6 is 22.6 Å². The van der Waals surface area contributed by atoms with Gasteiger partial charge in [-0.25, -0.2) is 0 Å². The molecule has 23 heavy (non-hydrogen) atoms. The Balaban J connectivity index is 1.65. The van der Waals surface area contributed by atoms with Crippen LogP contribution in [0.2, 0.25) is 0 Å². The summed E-state index contributed by atoms with van der Waals surface area (Å²) in [7, 11) is 0. The molecule has 0 spiro atoms. The molecule has 1 fully saturated rings. The van der Waals surface area contributed by atoms with Crippen molar-refractivity contribution in [2.24, 2.45) is 0 Å². The maximum absolute atomic E-state index is 12.8. The van der Waals surface area contributed by atoms with Crippen molar-refractivity contribution in [2.45, 2.75) is 19.9 Å². The lowest BCUT2D eigenvalue weighted by Crippen LogP contribution is -2.35. The molecule has 1 saturated heterocycles. The highest BCUT2D eigenvalue weighted by molar-refractivity contribution is 14.1. The van der Waals surface area contributed by atoms with Gasteiger partial charge >= 0.3 is 0 Å². The molecule has 122 valence electrons. The number of hydrogen-bond acceptors (Lipinski definition) is 3. The summed E-state index contributed by atoms with van der Waals surface area (Å²) in [5, 5.41) is 0. The molecule has 0 saturated carbocycles. The molecule has 2 aromatic rings. The lowest BCUT2D eigenvalue weighted by molar-refractivity contribution is 0.0759. The van der Waals surface area contributed by atoms with Gasteiger partial charge in [0.15, 0.2) is 0 Å². The molecule has 3 rings (SSSR count). The predicted molar refractivity (Wildman–Crippen MR) is 98.4 cm³/mol. The first-order valence-electron chi connectivity index (χ1n) is 7.94. The van der Waals surface area contributed by atoms with Crippen LogP contribution in [-0.2, 0) is 6.54 Å². The Morgan fingerprint density at radius 3 is 2.83 bits per heavy atom. The first-order chi connectivity index (χ1) is 11.1. The lowest BCUT2D eigenvalue weighted by Gasteiger charge is -2.22. The minimum Gasteiger partial charge on any atom is -0.468 e. The van der Waals surface area contributed by atoms with E-state index in [-0.39, 0.29) is 5.91 Å². The van der Waals surface area contributed by atoms with E-state index in [1.165, 1.54) is 0 Å². The highest BCUT2D eigenvalue weighted by atomic mass is 127. The Kier molecular flexibility index (Phi) is 5.38. The van der Waals surface area contributed by atoms with Crippen molar-refractivity contribution in [1.82, 2.24) is 9.80 Å². The van der Waals surface area contributed by atoms with Crippen LogP contribution in [0.25, 0.3) is 0 Å². The molecule has 0 atom stereocenters. The molecule has 1 aliphatic heterocycles. The largest absolute Gasteiger partial charge is 0.468 e. The number of halogens is 1. The Morgan fingerprint density at radius 1 is 1.17 bits per heavy atom. The summed E-state index contributed by atoms with van der Waals surface area (Å²) in [5.41, 5.74) is 1.98. The number of benzene rings is 1. The highest BCUT2D eigenvalue weighted by Crippen LogP contribution is 2.19. The summed E-state index contributed by atoms with van der Waals surface area (Å²) in [5.74, 6) is 1.14. The summed E-state index contributed by atoms with van der Waals surface area (Å²) >= 11 is 2.27. The van der Waals surface area contributed by atoms with Crippen LogP contribution in [-0.4, -0.2) is 41.9 Å². The SMILES string of the molecule is Cc1cccc(C(=O)N2CCCN(Cc3ccco3)CC2)c1I. The lowest BCUT2D eigenvalue weighted by atomic mass is 10.1. The molecule has 0 bridgehead atoms. The van der Waals surface area contributed by atoms with E-state index in [1.54, 1.807) is 6.26 Å². The van der Waals surface area contributed by atoms with Gasteiger partial charge in [-0.15, -0.1) is 0 Å². The molecular weight excluding hydrogens is 403 g/mol. The second-order valence-corrected chi connectivity index (χ2v) is 7.02. The van der Waals surface area contributed by atoms with Gasteiger partial charge in [0.05, 0.1) is 18.4 Å². The van der Waals surface area contributed by atoms with Crippen molar-refractivity contribution < 1.29 is 9.21 Å². The van der Waals surface area contributed by atoms with E-state index in [0.717, 1.165) is 59.6 Å². The number of aryl methyl sites for hydroxylation is 1. The van der Waals surface area contributed by atoms with Gasteiger partial charge in [-0.05, 0) is 59.7 Å². The second-order valence-electron chi connectivity index (χ2n) is 5.94. The normalized spacial score (nSPS) is 16.3. The predicted octanol–water partition coefficient (Wildman–Crippen LogP) is 3.54. The molecule has 5 heteroatoms. The minimum atomic E-state index is 0.151. The number of nitrogens with zero attached hydrogens (tertiary/aromatic N) is 2. The number of amides is 1. The van der Waals surface area contributed by atoms with Gasteiger partial charge in [-0.3, -0.25) is 9.69 Å². The second kappa shape index (κ2) is 7.49. The molecule has 0 N–H and O–H groups in total. The van der Waals surface area contributed by atoms with Crippen molar-refractivity contribution in [1.29, 1.82) is 0 Å². The Bertz CT molecular complexity index is 670. The third kappa shape index (κ3) is 3.95. The molecule has 1 aromatic heterocycles. The van der Waals surface area contributed by atoms with Crippen molar-refractivity contribution in [2.75, 3.05) is 26.2 Å². The summed E-state index contributed by atoms with van der Waals surface area (Å²) < 4.78 is 6.49. The van der Waals surface area contributed by atoms with Crippen molar-refractivity contribution in [3.05, 3.63) is 57.1 Å². The maximum Gasteiger partial charge on any atom is 0.254 e. The maximum atomic E-state index is 12.8. The van der Waals surface area contributed by atoms with E-state index in [1.807, 2.05) is 42.2 Å². The molecule has 0 radical (unpaired) electrons. The summed E-state index contributed by atoms with van der Waals surface area (Å²) in [6, 6.07) is 9.87. The van der Waals surface area contributed by atoms with Gasteiger partial charge in [0.25, 0.3) is 5.91 Å². The van der Waals surface area contributed by atoms with Gasteiger partial charge in [-0.1, -0.05) is 12.1 Å². The monoisotopic (exact) mass is 424 g/mol. The average Bonchev–Trinajstić information content (AvgIpc) is 2.94. The van der Waals surface area contributed by atoms with Crippen molar-refractivity contribution in [3.63, 3.8) is 0 Å². The summed E-state index contributed by atoms with van der Waals surface area (Å²) in [4.78, 5) is 17.2. The van der Waals surface area contributed by atoms with Crippen LogP contribution in [0.5, 0.6) is 0 Å². The first kappa shape index (κ1) is 16.5. The quantitative estimate of drug-likeness (QED) is 0.708. The number of furan rings is 1. The van der Waals surface area contributed by atoms with E-state index in [9.17, 15) is 4.79 Å². The zero-order valence-corrected chi connectivity index (χ0v) is 15.5. The Morgan fingerprint density at radius 2 is 2.04 bits per heavy atom. The number of hydrogen-bond donors (Lipinski definition) is 0. The molecule has 1 aliphatic rings. The van der Waals surface area contributed by atoms with Crippen LogP contribution in [0.1, 0.15) is 28.1 Å². The van der Waals surface area contributed by atoms with E-state index in [4.69, 9.17) is 4.42 Å². The zero-order valence-electron chi connectivity index (χ0n) is 13.3. The fourth-order valence-electron chi connectivity index (χ4n) is 2.94. The standard InChI is InChI=1S/C18H21IN2O2/c1-14-5-2-7-16(17(14)19)18(22)21-9-4-8-20(10-11-21)13-15-6-3-12-23-15/h2-3,5-7,12H,4,8-11,13H2,1H3. The number of rotatable bonds is 3. The fourth-order valence-corrected chi connectivity index (χ4v) is 3.53. The van der Waals surface area contributed by atoms with Crippen LogP contribution in [0.4, 0.5) is 0 Å². The molecule has 1 aromatic carbocycles. The molecule has 1 amide bonds. The van der Waals surface area contributed by atoms with Gasteiger partial charge in [0.2, 0.25) is 0 Å². The van der Waals surface area contributed by atoms with Gasteiger partial charge < -0.3 is 9.32 Å². The van der Waals surface area contributed by atoms with Crippen molar-refractivity contribution in [3.8, 4) is 0 Å². The number of carbonyl (C=O) groups excluding carboxylic acids is 1. The van der Waals surface area contributed by atoms with E-state index >= 15 is 0 Å². The molecule has 4 nitrogen and oxygen atoms in total. The Labute approximate surface area is 150 Å². The average molecular weight is 424 g/mol. The summed E-state index contributed by atoms with van der Waals surface area (Å²) in [6.07, 6.45) is 2.71. The molecule has 2 heterocycles. The van der Waals surface area contributed by atoms with Gasteiger partial charge in [0, 0.05) is 29.7 Å². The van der Waals surface area contributed by atoms with Gasteiger partial charge in [-0.2, -0.15) is 0 Å². The van der Waals surface area contributed by atoms with E-state index in [2.05, 4.69) is 27.5 Å². The Hall–Kier alpha value is -1.34. The van der Waals surface area contributed by atoms with E-state index in [0.29, 0.717) is 0 Å². The fraction of sp³-hybridized carbons (Fsp3) is 0.389. The van der Waals surface area contributed by atoms with Crippen LogP contribution < -0.4 is 0 Å². The third-order valence-corrected chi connectivity index (χ3v) is 5.69. The van der Waals surface area contributed by atoms with Gasteiger partial charge in [0.1, 0.15) is 5.76 Å². The molecular formula is C18H21IN2O2. The third-order valence-electron chi connectivity index (χ3n) is 4.26. The molecule has 0 unspecified atom stereocenters. The van der Waals surface area contributed by atoms with Crippen LogP contribution in [0, 0.1) is 10.5 Å². The van der Waals surface area contributed by atoms with Crippen LogP contribution in [0.3, 0.4) is 0 Å². The highest BCUT2D eigenvalue weighted by Gasteiger charge is 2.22. The smallest absolute Gasteiger partial charge is 0.254 e. The topological polar surface area (TPSA) is 36.7 Å². The summed E-state index contributed by atoms with van der Waals surface area (Å²) in [6.45, 7) is 6.33. The minimum absolute atomic E-state index is 0.151. The zero-order chi connectivity index (χ0) is 16.2. The molecule has 0 aliphatic carbocycles.